The van der Waals surface area contributed by atoms with E-state index in [4.69, 9.17) is 5.73 Å². The number of rotatable bonds is 5. The minimum atomic E-state index is -0.495. The van der Waals surface area contributed by atoms with E-state index in [1.165, 1.54) is 7.11 Å². The van der Waals surface area contributed by atoms with Crippen molar-refractivity contribution in [3.63, 3.8) is 0 Å². The number of allylic oxidation sites excluding steroid dienone is 1. The highest BCUT2D eigenvalue weighted by Gasteiger charge is 2.12. The summed E-state index contributed by atoms with van der Waals surface area (Å²) in [5.41, 5.74) is 5.49. The molecule has 1 unspecified atom stereocenters. The van der Waals surface area contributed by atoms with Crippen molar-refractivity contribution < 1.29 is 9.53 Å². The molecule has 0 amide bonds. The number of carbonyl (C=O) groups is 1. The summed E-state index contributed by atoms with van der Waals surface area (Å²) in [6, 6.07) is -0.495. The van der Waals surface area contributed by atoms with E-state index < -0.39 is 6.04 Å². The zero-order chi connectivity index (χ0) is 9.40. The minimum Gasteiger partial charge on any atom is -0.468 e. The molecule has 1 atom stereocenters. The Morgan fingerprint density at radius 3 is 2.92 bits per heavy atom. The van der Waals surface area contributed by atoms with Crippen LogP contribution in [0.25, 0.3) is 0 Å². The molecule has 0 aromatic heterocycles. The van der Waals surface area contributed by atoms with Crippen molar-refractivity contribution >= 4 is 17.7 Å². The van der Waals surface area contributed by atoms with Crippen LogP contribution in [0, 0.1) is 0 Å². The van der Waals surface area contributed by atoms with Gasteiger partial charge in [0.1, 0.15) is 6.04 Å². The van der Waals surface area contributed by atoms with Crippen LogP contribution in [0.5, 0.6) is 0 Å². The Labute approximate surface area is 77.3 Å². The summed E-state index contributed by atoms with van der Waals surface area (Å²) in [6.07, 6.45) is 3.99. The Kier molecular flexibility index (Phi) is 6.90. The van der Waals surface area contributed by atoms with Crippen LogP contribution in [-0.2, 0) is 9.53 Å². The van der Waals surface area contributed by atoms with E-state index >= 15 is 0 Å². The van der Waals surface area contributed by atoms with Crippen molar-refractivity contribution in [2.24, 2.45) is 5.73 Å². The molecule has 0 saturated carbocycles. The maximum atomic E-state index is 10.8. The van der Waals surface area contributed by atoms with Crippen LogP contribution in [-0.4, -0.2) is 30.6 Å². The van der Waals surface area contributed by atoms with Gasteiger partial charge in [0.2, 0.25) is 0 Å². The normalized spacial score (nSPS) is 13.2. The molecule has 70 valence electrons. The Bertz CT molecular complexity index is 159. The van der Waals surface area contributed by atoms with Crippen LogP contribution in [0.15, 0.2) is 12.2 Å². The lowest BCUT2D eigenvalue weighted by atomic mass is 10.4. The topological polar surface area (TPSA) is 52.3 Å². The fraction of sp³-hybridized carbons (Fsp3) is 0.625. The van der Waals surface area contributed by atoms with E-state index in [1.54, 1.807) is 11.8 Å². The van der Waals surface area contributed by atoms with Crippen molar-refractivity contribution in [2.45, 2.75) is 13.0 Å². The molecule has 0 spiro atoms. The lowest BCUT2D eigenvalue weighted by molar-refractivity contribution is -0.141. The first kappa shape index (κ1) is 11.5. The van der Waals surface area contributed by atoms with Crippen molar-refractivity contribution in [1.29, 1.82) is 0 Å². The number of carbonyl (C=O) groups excluding carboxylic acids is 1. The average molecular weight is 189 g/mol. The molecule has 0 saturated heterocycles. The molecule has 3 nitrogen and oxygen atoms in total. The van der Waals surface area contributed by atoms with Crippen LogP contribution in [0.4, 0.5) is 0 Å². The maximum absolute atomic E-state index is 10.8. The van der Waals surface area contributed by atoms with Crippen molar-refractivity contribution in [3.05, 3.63) is 12.2 Å². The lowest BCUT2D eigenvalue weighted by Gasteiger charge is -2.06. The van der Waals surface area contributed by atoms with Crippen molar-refractivity contribution in [1.82, 2.24) is 0 Å². The molecule has 0 aliphatic rings. The molecule has 0 radical (unpaired) electrons. The number of thioether (sulfide) groups is 1. The average Bonchev–Trinajstić information content (AvgIpc) is 2.10. The molecule has 0 aliphatic carbocycles. The second kappa shape index (κ2) is 7.18. The third-order valence-electron chi connectivity index (χ3n) is 1.25. The first-order valence-corrected chi connectivity index (χ1v) is 4.90. The third kappa shape index (κ3) is 5.21. The van der Waals surface area contributed by atoms with E-state index in [1.807, 2.05) is 19.1 Å². The highest BCUT2D eigenvalue weighted by molar-refractivity contribution is 7.99. The van der Waals surface area contributed by atoms with Gasteiger partial charge in [0.25, 0.3) is 0 Å². The first-order valence-electron chi connectivity index (χ1n) is 3.74. The van der Waals surface area contributed by atoms with E-state index in [2.05, 4.69) is 4.74 Å². The van der Waals surface area contributed by atoms with Gasteiger partial charge < -0.3 is 10.5 Å². The smallest absolute Gasteiger partial charge is 0.323 e. The molecule has 0 bridgehead atoms. The van der Waals surface area contributed by atoms with Gasteiger partial charge in [0, 0.05) is 11.5 Å². The Morgan fingerprint density at radius 2 is 2.42 bits per heavy atom. The van der Waals surface area contributed by atoms with Gasteiger partial charge in [0.05, 0.1) is 7.11 Å². The summed E-state index contributed by atoms with van der Waals surface area (Å²) in [4.78, 5) is 10.8. The highest BCUT2D eigenvalue weighted by Crippen LogP contribution is 2.02. The molecule has 0 aromatic rings. The van der Waals surface area contributed by atoms with E-state index in [-0.39, 0.29) is 5.97 Å². The molecule has 0 heterocycles. The molecule has 12 heavy (non-hydrogen) atoms. The minimum absolute atomic E-state index is 0.344. The number of hydrogen-bond donors (Lipinski definition) is 1. The fourth-order valence-electron chi connectivity index (χ4n) is 0.579. The number of nitrogens with two attached hydrogens (primary N) is 1. The molecule has 2 N–H and O–H groups in total. The number of ether oxygens (including phenoxy) is 1. The van der Waals surface area contributed by atoms with Gasteiger partial charge in [-0.25, -0.2) is 0 Å². The van der Waals surface area contributed by atoms with Gasteiger partial charge in [-0.2, -0.15) is 11.8 Å². The summed E-state index contributed by atoms with van der Waals surface area (Å²) in [5.74, 6) is 1.15. The summed E-state index contributed by atoms with van der Waals surface area (Å²) in [5, 5.41) is 0. The predicted octanol–water partition coefficient (Wildman–Crippen LogP) is 0.796. The SMILES string of the molecule is C/C=C\CSCC(N)C(=O)OC. The molecular formula is C8H15NO2S. The van der Waals surface area contributed by atoms with Gasteiger partial charge in [-0.05, 0) is 6.92 Å². The molecule has 0 rings (SSSR count). The number of hydrogen-bond acceptors (Lipinski definition) is 4. The van der Waals surface area contributed by atoms with Crippen LogP contribution in [0.2, 0.25) is 0 Å². The zero-order valence-corrected chi connectivity index (χ0v) is 8.26. The summed E-state index contributed by atoms with van der Waals surface area (Å²) in [7, 11) is 1.35. The highest BCUT2D eigenvalue weighted by atomic mass is 32.2. The number of methoxy groups -OCH3 is 1. The molecule has 4 heteroatoms. The third-order valence-corrected chi connectivity index (χ3v) is 2.27. The Morgan fingerprint density at radius 1 is 1.75 bits per heavy atom. The summed E-state index contributed by atoms with van der Waals surface area (Å²) in [6.45, 7) is 1.96. The fourth-order valence-corrected chi connectivity index (χ4v) is 1.43. The van der Waals surface area contributed by atoms with Crippen LogP contribution in [0.1, 0.15) is 6.92 Å². The first-order chi connectivity index (χ1) is 5.72. The molecular weight excluding hydrogens is 174 g/mol. The molecule has 0 fully saturated rings. The van der Waals surface area contributed by atoms with Crippen molar-refractivity contribution in [3.8, 4) is 0 Å². The zero-order valence-electron chi connectivity index (χ0n) is 7.45. The van der Waals surface area contributed by atoms with Crippen LogP contribution >= 0.6 is 11.8 Å². The van der Waals surface area contributed by atoms with Crippen LogP contribution in [0.3, 0.4) is 0 Å². The maximum Gasteiger partial charge on any atom is 0.323 e. The Balaban J connectivity index is 3.43. The van der Waals surface area contributed by atoms with Crippen LogP contribution < -0.4 is 5.73 Å². The molecule has 0 aliphatic heterocycles. The van der Waals surface area contributed by atoms with Gasteiger partial charge >= 0.3 is 5.97 Å². The summed E-state index contributed by atoms with van der Waals surface area (Å²) >= 11 is 1.62. The lowest BCUT2D eigenvalue weighted by Crippen LogP contribution is -2.33. The van der Waals surface area contributed by atoms with E-state index in [9.17, 15) is 4.79 Å². The van der Waals surface area contributed by atoms with Gasteiger partial charge in [-0.3, -0.25) is 4.79 Å². The van der Waals surface area contributed by atoms with Gasteiger partial charge in [-0.15, -0.1) is 0 Å². The largest absolute Gasteiger partial charge is 0.468 e. The van der Waals surface area contributed by atoms with Gasteiger partial charge in [-0.1, -0.05) is 12.2 Å². The number of esters is 1. The van der Waals surface area contributed by atoms with E-state index in [0.29, 0.717) is 5.75 Å². The standard InChI is InChI=1S/C8H15NO2S/c1-3-4-5-12-6-7(9)8(10)11-2/h3-4,7H,5-6,9H2,1-2H3/b4-3-. The monoisotopic (exact) mass is 189 g/mol. The van der Waals surface area contributed by atoms with Crippen molar-refractivity contribution in [2.75, 3.05) is 18.6 Å². The second-order valence-electron chi connectivity index (χ2n) is 2.24. The predicted molar refractivity (Wildman–Crippen MR) is 52.1 cm³/mol. The quantitative estimate of drug-likeness (QED) is 0.395. The van der Waals surface area contributed by atoms with E-state index in [0.717, 1.165) is 5.75 Å². The van der Waals surface area contributed by atoms with Gasteiger partial charge in [0.15, 0.2) is 0 Å². The second-order valence-corrected chi connectivity index (χ2v) is 3.31. The Hall–Kier alpha value is -0.480. The summed E-state index contributed by atoms with van der Waals surface area (Å²) < 4.78 is 4.47. The molecule has 0 aromatic carbocycles.